The first kappa shape index (κ1) is 22.1. The molecule has 1 unspecified atom stereocenters. The molecule has 3 rings (SSSR count). The number of alkyl halides is 3. The Bertz CT molecular complexity index is 1080. The van der Waals surface area contributed by atoms with Gasteiger partial charge in [-0.3, -0.25) is 9.59 Å². The summed E-state index contributed by atoms with van der Waals surface area (Å²) in [6.07, 6.45) is -5.97. The molecule has 7 nitrogen and oxygen atoms in total. The van der Waals surface area contributed by atoms with Crippen LogP contribution in [-0.2, 0) is 27.0 Å². The third kappa shape index (κ3) is 5.33. The van der Waals surface area contributed by atoms with E-state index < -0.39 is 36.5 Å². The van der Waals surface area contributed by atoms with Crippen molar-refractivity contribution in [1.82, 2.24) is 9.55 Å². The molecular weight excluding hydrogens is 415 g/mol. The van der Waals surface area contributed by atoms with Crippen molar-refractivity contribution in [3.05, 3.63) is 54.4 Å². The predicted molar refractivity (Wildman–Crippen MR) is 107 cm³/mol. The summed E-state index contributed by atoms with van der Waals surface area (Å²) in [7, 11) is 0. The maximum absolute atomic E-state index is 13.3. The van der Waals surface area contributed by atoms with Gasteiger partial charge in [0.25, 0.3) is 5.91 Å². The number of hydrogen-bond donors (Lipinski definition) is 1. The van der Waals surface area contributed by atoms with Crippen LogP contribution in [0.3, 0.4) is 0 Å². The highest BCUT2D eigenvalue weighted by Gasteiger charge is 2.38. The van der Waals surface area contributed by atoms with E-state index in [1.165, 1.54) is 19.1 Å². The third-order valence-electron chi connectivity index (χ3n) is 4.31. The Balaban J connectivity index is 1.67. The van der Waals surface area contributed by atoms with E-state index in [4.69, 9.17) is 9.47 Å². The summed E-state index contributed by atoms with van der Waals surface area (Å²) in [5.41, 5.74) is 0.693. The number of rotatable bonds is 7. The molecule has 2 aromatic carbocycles. The van der Waals surface area contributed by atoms with E-state index in [9.17, 15) is 22.8 Å². The molecule has 0 aliphatic heterocycles. The van der Waals surface area contributed by atoms with Gasteiger partial charge in [-0.1, -0.05) is 12.1 Å². The molecule has 164 valence electrons. The number of nitrogens with one attached hydrogen (secondary N) is 1. The Morgan fingerprint density at radius 2 is 1.81 bits per heavy atom. The zero-order valence-electron chi connectivity index (χ0n) is 16.8. The maximum Gasteiger partial charge on any atom is 0.449 e. The van der Waals surface area contributed by atoms with Crippen LogP contribution in [-0.4, -0.2) is 34.1 Å². The van der Waals surface area contributed by atoms with Crippen molar-refractivity contribution in [2.45, 2.75) is 32.7 Å². The van der Waals surface area contributed by atoms with Gasteiger partial charge in [-0.2, -0.15) is 13.2 Å². The number of aromatic nitrogens is 2. The number of ether oxygens (including phenoxy) is 2. The van der Waals surface area contributed by atoms with Gasteiger partial charge < -0.3 is 19.4 Å². The van der Waals surface area contributed by atoms with Crippen LogP contribution in [0.15, 0.2) is 48.5 Å². The second kappa shape index (κ2) is 9.07. The van der Waals surface area contributed by atoms with Crippen LogP contribution in [0, 0.1) is 0 Å². The zero-order valence-corrected chi connectivity index (χ0v) is 16.8. The molecule has 0 spiro atoms. The SMILES string of the molecule is CCOc1ccc(NC(=O)C(C)OC(=O)Cn2c(C(F)(F)F)nc3ccccc32)cc1. The molecule has 10 heteroatoms. The number of imidazole rings is 1. The van der Waals surface area contributed by atoms with E-state index in [-0.39, 0.29) is 11.0 Å². The third-order valence-corrected chi connectivity index (χ3v) is 4.31. The normalized spacial score (nSPS) is 12.4. The van der Waals surface area contributed by atoms with Crippen LogP contribution in [0.1, 0.15) is 19.7 Å². The van der Waals surface area contributed by atoms with E-state index in [0.29, 0.717) is 18.0 Å². The molecule has 1 heterocycles. The molecule has 31 heavy (non-hydrogen) atoms. The molecule has 1 N–H and O–H groups in total. The number of benzene rings is 2. The summed E-state index contributed by atoms with van der Waals surface area (Å²) in [4.78, 5) is 28.1. The Labute approximate surface area is 175 Å². The van der Waals surface area contributed by atoms with Crippen LogP contribution in [0.2, 0.25) is 0 Å². The molecule has 1 amide bonds. The summed E-state index contributed by atoms with van der Waals surface area (Å²) in [6, 6.07) is 12.5. The van der Waals surface area contributed by atoms with Crippen molar-refractivity contribution in [3.63, 3.8) is 0 Å². The molecule has 1 atom stereocenters. The Hall–Kier alpha value is -3.56. The lowest BCUT2D eigenvalue weighted by molar-refractivity contribution is -0.156. The number of anilines is 1. The van der Waals surface area contributed by atoms with E-state index in [0.717, 1.165) is 4.57 Å². The number of esters is 1. The van der Waals surface area contributed by atoms with Crippen molar-refractivity contribution in [2.75, 3.05) is 11.9 Å². The smallest absolute Gasteiger partial charge is 0.449 e. The minimum Gasteiger partial charge on any atom is -0.494 e. The summed E-state index contributed by atoms with van der Waals surface area (Å²) in [6.45, 7) is 2.94. The van der Waals surface area contributed by atoms with Crippen LogP contribution in [0.25, 0.3) is 11.0 Å². The number of hydrogen-bond acceptors (Lipinski definition) is 5. The quantitative estimate of drug-likeness (QED) is 0.567. The van der Waals surface area contributed by atoms with Crippen LogP contribution >= 0.6 is 0 Å². The van der Waals surface area contributed by atoms with Gasteiger partial charge in [-0.15, -0.1) is 0 Å². The zero-order chi connectivity index (χ0) is 22.6. The molecule has 0 bridgehead atoms. The van der Waals surface area contributed by atoms with Crippen molar-refractivity contribution in [3.8, 4) is 5.75 Å². The fourth-order valence-electron chi connectivity index (χ4n) is 2.91. The number of nitrogens with zero attached hydrogens (tertiary/aromatic N) is 2. The maximum atomic E-state index is 13.3. The molecular formula is C21H20F3N3O4. The number of fused-ring (bicyclic) bond motifs is 1. The molecule has 0 aliphatic rings. The monoisotopic (exact) mass is 435 g/mol. The lowest BCUT2D eigenvalue weighted by Gasteiger charge is -2.15. The second-order valence-corrected chi connectivity index (χ2v) is 6.59. The highest BCUT2D eigenvalue weighted by Crippen LogP contribution is 2.31. The van der Waals surface area contributed by atoms with E-state index >= 15 is 0 Å². The Morgan fingerprint density at radius 1 is 1.13 bits per heavy atom. The van der Waals surface area contributed by atoms with Crippen molar-refractivity contribution < 1.29 is 32.2 Å². The first-order chi connectivity index (χ1) is 14.7. The van der Waals surface area contributed by atoms with Crippen molar-refractivity contribution in [2.24, 2.45) is 0 Å². The fourth-order valence-corrected chi connectivity index (χ4v) is 2.91. The number of carbonyl (C=O) groups excluding carboxylic acids is 2. The number of carbonyl (C=O) groups is 2. The van der Waals surface area contributed by atoms with Gasteiger partial charge in [-0.05, 0) is 50.2 Å². The molecule has 1 aromatic heterocycles. The van der Waals surface area contributed by atoms with Gasteiger partial charge in [0.2, 0.25) is 5.82 Å². The van der Waals surface area contributed by atoms with Gasteiger partial charge in [-0.25, -0.2) is 4.98 Å². The van der Waals surface area contributed by atoms with Gasteiger partial charge in [0.15, 0.2) is 6.10 Å². The van der Waals surface area contributed by atoms with Crippen LogP contribution in [0.5, 0.6) is 5.75 Å². The summed E-state index contributed by atoms with van der Waals surface area (Å²) >= 11 is 0. The Kier molecular flexibility index (Phi) is 6.47. The highest BCUT2D eigenvalue weighted by atomic mass is 19.4. The molecule has 0 fully saturated rings. The van der Waals surface area contributed by atoms with Gasteiger partial charge >= 0.3 is 12.1 Å². The highest BCUT2D eigenvalue weighted by molar-refractivity contribution is 5.95. The van der Waals surface area contributed by atoms with Crippen molar-refractivity contribution in [1.29, 1.82) is 0 Å². The van der Waals surface area contributed by atoms with E-state index in [2.05, 4.69) is 10.3 Å². The summed E-state index contributed by atoms with van der Waals surface area (Å²) in [5.74, 6) is -2.20. The Morgan fingerprint density at radius 3 is 2.45 bits per heavy atom. The van der Waals surface area contributed by atoms with Gasteiger partial charge in [0.05, 0.1) is 17.6 Å². The minimum absolute atomic E-state index is 0.101. The van der Waals surface area contributed by atoms with Crippen molar-refractivity contribution >= 4 is 28.6 Å². The average Bonchev–Trinajstić information content (AvgIpc) is 3.08. The summed E-state index contributed by atoms with van der Waals surface area (Å²) in [5, 5.41) is 2.57. The molecule has 0 aliphatic carbocycles. The van der Waals surface area contributed by atoms with Crippen LogP contribution in [0.4, 0.5) is 18.9 Å². The van der Waals surface area contributed by atoms with E-state index in [1.54, 1.807) is 36.4 Å². The first-order valence-corrected chi connectivity index (χ1v) is 9.44. The van der Waals surface area contributed by atoms with Gasteiger partial charge in [0, 0.05) is 5.69 Å². The van der Waals surface area contributed by atoms with Gasteiger partial charge in [0.1, 0.15) is 12.3 Å². The summed E-state index contributed by atoms with van der Waals surface area (Å²) < 4.78 is 51.1. The number of para-hydroxylation sites is 2. The number of amides is 1. The molecule has 0 radical (unpaired) electrons. The average molecular weight is 435 g/mol. The fraction of sp³-hybridized carbons (Fsp3) is 0.286. The largest absolute Gasteiger partial charge is 0.494 e. The lowest BCUT2D eigenvalue weighted by atomic mass is 10.3. The first-order valence-electron chi connectivity index (χ1n) is 9.44. The predicted octanol–water partition coefficient (Wildman–Crippen LogP) is 4.02. The standard InChI is InChI=1S/C21H20F3N3O4/c1-3-30-15-10-8-14(9-11-15)25-19(29)13(2)31-18(28)12-27-17-7-5-4-6-16(17)26-20(27)21(22,23)24/h4-11,13H,3,12H2,1-2H3,(H,25,29). The molecule has 0 saturated carbocycles. The topological polar surface area (TPSA) is 82.5 Å². The van der Waals surface area contributed by atoms with E-state index in [1.807, 2.05) is 6.92 Å². The van der Waals surface area contributed by atoms with Crippen LogP contribution < -0.4 is 10.1 Å². The molecule has 3 aromatic rings. The molecule has 0 saturated heterocycles. The minimum atomic E-state index is -4.75. The number of halogens is 3. The lowest BCUT2D eigenvalue weighted by Crippen LogP contribution is -2.31. The second-order valence-electron chi connectivity index (χ2n) is 6.59.